The van der Waals surface area contributed by atoms with Crippen LogP contribution in [0.3, 0.4) is 0 Å². The Balaban J connectivity index is 2.96. The summed E-state index contributed by atoms with van der Waals surface area (Å²) in [5, 5.41) is 0.887. The number of nitrogens with zero attached hydrogens (tertiary/aromatic N) is 3. The smallest absolute Gasteiger partial charge is 0.178 e. The number of fused-ring (bicyclic) bond motifs is 1. The summed E-state index contributed by atoms with van der Waals surface area (Å²) in [4.78, 5) is 8.91. The molecular formula is C6H6N4S. The van der Waals surface area contributed by atoms with Gasteiger partial charge in [-0.15, -0.1) is 0 Å². The van der Waals surface area contributed by atoms with Crippen molar-refractivity contribution in [3.05, 3.63) is 11.2 Å². The topological polar surface area (TPSA) is 64.7 Å². The van der Waals surface area contributed by atoms with Gasteiger partial charge in [0.05, 0.1) is 5.39 Å². The lowest BCUT2D eigenvalue weighted by molar-refractivity contribution is 1.21. The third kappa shape index (κ3) is 0.848. The van der Waals surface area contributed by atoms with Crippen molar-refractivity contribution in [1.29, 1.82) is 0 Å². The maximum Gasteiger partial charge on any atom is 0.178 e. The molecule has 2 heterocycles. The van der Waals surface area contributed by atoms with Gasteiger partial charge >= 0.3 is 0 Å². The molecule has 0 atom stereocenters. The second kappa shape index (κ2) is 2.13. The van der Waals surface area contributed by atoms with E-state index in [0.29, 0.717) is 11.5 Å². The van der Waals surface area contributed by atoms with E-state index in [1.165, 1.54) is 17.9 Å². The normalized spacial score (nSPS) is 10.6. The molecule has 4 nitrogen and oxygen atoms in total. The van der Waals surface area contributed by atoms with E-state index in [1.54, 1.807) is 0 Å². The Bertz CT molecular complexity index is 394. The molecule has 0 aromatic carbocycles. The van der Waals surface area contributed by atoms with Gasteiger partial charge in [0.1, 0.15) is 12.1 Å². The zero-order valence-electron chi connectivity index (χ0n) is 5.90. The fourth-order valence-corrected chi connectivity index (χ4v) is 1.60. The maximum absolute atomic E-state index is 5.62. The van der Waals surface area contributed by atoms with Crippen molar-refractivity contribution >= 4 is 28.4 Å². The Labute approximate surface area is 67.3 Å². The highest BCUT2D eigenvalue weighted by molar-refractivity contribution is 7.07. The summed E-state index contributed by atoms with van der Waals surface area (Å²) in [6, 6.07) is 0. The lowest BCUT2D eigenvalue weighted by Crippen LogP contribution is -1.91. The fourth-order valence-electron chi connectivity index (χ4n) is 0.954. The quantitative estimate of drug-likeness (QED) is 0.633. The standard InChI is InChI=1S/C6H6N4S/c1-3-4-5(7)8-2-9-6(4)10-11-3/h2H,1H3,(H2,7,8,9,10). The summed E-state index contributed by atoms with van der Waals surface area (Å²) >= 11 is 1.40. The monoisotopic (exact) mass is 166 g/mol. The molecule has 11 heavy (non-hydrogen) atoms. The Kier molecular flexibility index (Phi) is 1.25. The molecule has 2 aromatic rings. The van der Waals surface area contributed by atoms with Crippen molar-refractivity contribution in [3.63, 3.8) is 0 Å². The van der Waals surface area contributed by atoms with Crippen molar-refractivity contribution in [2.75, 3.05) is 5.73 Å². The molecule has 0 amide bonds. The first-order valence-electron chi connectivity index (χ1n) is 3.11. The van der Waals surface area contributed by atoms with E-state index >= 15 is 0 Å². The number of nitrogen functional groups attached to an aromatic ring is 1. The number of aryl methyl sites for hydroxylation is 1. The molecule has 0 aliphatic rings. The minimum Gasteiger partial charge on any atom is -0.383 e. The van der Waals surface area contributed by atoms with E-state index in [4.69, 9.17) is 5.73 Å². The molecule has 2 rings (SSSR count). The highest BCUT2D eigenvalue weighted by Crippen LogP contribution is 2.22. The van der Waals surface area contributed by atoms with Crippen molar-refractivity contribution < 1.29 is 0 Å². The van der Waals surface area contributed by atoms with E-state index in [9.17, 15) is 0 Å². The number of anilines is 1. The van der Waals surface area contributed by atoms with Gasteiger partial charge in [-0.25, -0.2) is 9.97 Å². The van der Waals surface area contributed by atoms with E-state index in [1.807, 2.05) is 6.92 Å². The van der Waals surface area contributed by atoms with Crippen LogP contribution >= 0.6 is 11.5 Å². The average Bonchev–Trinajstić information content (AvgIpc) is 2.34. The third-order valence-corrected chi connectivity index (χ3v) is 2.22. The van der Waals surface area contributed by atoms with Crippen molar-refractivity contribution in [2.24, 2.45) is 0 Å². The van der Waals surface area contributed by atoms with Crippen molar-refractivity contribution in [3.8, 4) is 0 Å². The van der Waals surface area contributed by atoms with Crippen LogP contribution in [0, 0.1) is 6.92 Å². The Morgan fingerprint density at radius 1 is 1.45 bits per heavy atom. The predicted molar refractivity (Wildman–Crippen MR) is 44.4 cm³/mol. The van der Waals surface area contributed by atoms with Gasteiger partial charge in [-0.1, -0.05) is 0 Å². The molecule has 56 valence electrons. The predicted octanol–water partition coefficient (Wildman–Crippen LogP) is 0.977. The van der Waals surface area contributed by atoms with Gasteiger partial charge in [0, 0.05) is 4.88 Å². The molecule has 0 fully saturated rings. The molecule has 0 bridgehead atoms. The molecule has 2 N–H and O–H groups in total. The number of hydrogen-bond acceptors (Lipinski definition) is 5. The van der Waals surface area contributed by atoms with E-state index in [0.717, 1.165) is 10.3 Å². The highest BCUT2D eigenvalue weighted by Gasteiger charge is 2.05. The second-order valence-electron chi connectivity index (χ2n) is 2.20. The summed E-state index contributed by atoms with van der Waals surface area (Å²) in [5.41, 5.74) is 6.31. The van der Waals surface area contributed by atoms with E-state index in [-0.39, 0.29) is 0 Å². The van der Waals surface area contributed by atoms with Gasteiger partial charge in [0.15, 0.2) is 5.65 Å². The first kappa shape index (κ1) is 6.48. The summed E-state index contributed by atoms with van der Waals surface area (Å²) in [7, 11) is 0. The van der Waals surface area contributed by atoms with Crippen LogP contribution in [-0.4, -0.2) is 14.3 Å². The molecule has 0 unspecified atom stereocenters. The lowest BCUT2D eigenvalue weighted by Gasteiger charge is -1.91. The number of aromatic nitrogens is 3. The molecular weight excluding hydrogens is 160 g/mol. The first-order valence-corrected chi connectivity index (χ1v) is 3.89. The molecule has 5 heteroatoms. The van der Waals surface area contributed by atoms with Gasteiger partial charge in [-0.2, -0.15) is 4.37 Å². The molecule has 0 spiro atoms. The molecule has 0 aliphatic carbocycles. The fraction of sp³-hybridized carbons (Fsp3) is 0.167. The van der Waals surface area contributed by atoms with Crippen LogP contribution in [0.4, 0.5) is 5.82 Å². The van der Waals surface area contributed by atoms with Gasteiger partial charge in [0.2, 0.25) is 0 Å². The van der Waals surface area contributed by atoms with Crippen LogP contribution in [0.25, 0.3) is 11.0 Å². The molecule has 0 saturated heterocycles. The SMILES string of the molecule is Cc1snc2ncnc(N)c12. The summed E-state index contributed by atoms with van der Waals surface area (Å²) in [5.74, 6) is 0.515. The molecule has 0 saturated carbocycles. The van der Waals surface area contributed by atoms with Crippen LogP contribution in [0.2, 0.25) is 0 Å². The van der Waals surface area contributed by atoms with Gasteiger partial charge in [-0.3, -0.25) is 0 Å². The minimum atomic E-state index is 0.515. The molecule has 2 aromatic heterocycles. The Morgan fingerprint density at radius 3 is 3.00 bits per heavy atom. The Morgan fingerprint density at radius 2 is 2.27 bits per heavy atom. The van der Waals surface area contributed by atoms with Gasteiger partial charge in [0.25, 0.3) is 0 Å². The van der Waals surface area contributed by atoms with Crippen molar-refractivity contribution in [2.45, 2.75) is 6.92 Å². The van der Waals surface area contributed by atoms with Crippen LogP contribution < -0.4 is 5.73 Å². The summed E-state index contributed by atoms with van der Waals surface area (Å²) in [6.45, 7) is 1.96. The second-order valence-corrected chi connectivity index (χ2v) is 3.17. The number of hydrogen-bond donors (Lipinski definition) is 1. The largest absolute Gasteiger partial charge is 0.383 e. The van der Waals surface area contributed by atoms with E-state index in [2.05, 4.69) is 14.3 Å². The highest BCUT2D eigenvalue weighted by atomic mass is 32.1. The molecule has 0 aliphatic heterocycles. The van der Waals surface area contributed by atoms with Gasteiger partial charge < -0.3 is 5.73 Å². The number of rotatable bonds is 0. The zero-order chi connectivity index (χ0) is 7.84. The minimum absolute atomic E-state index is 0.515. The van der Waals surface area contributed by atoms with Crippen LogP contribution in [0.5, 0.6) is 0 Å². The van der Waals surface area contributed by atoms with Crippen LogP contribution in [0.1, 0.15) is 4.88 Å². The zero-order valence-corrected chi connectivity index (χ0v) is 6.72. The van der Waals surface area contributed by atoms with Crippen molar-refractivity contribution in [1.82, 2.24) is 14.3 Å². The van der Waals surface area contributed by atoms with Crippen LogP contribution in [-0.2, 0) is 0 Å². The molecule has 0 radical (unpaired) electrons. The first-order chi connectivity index (χ1) is 5.29. The third-order valence-electron chi connectivity index (χ3n) is 1.48. The maximum atomic E-state index is 5.62. The van der Waals surface area contributed by atoms with Crippen LogP contribution in [0.15, 0.2) is 6.33 Å². The Hall–Kier alpha value is -1.23. The van der Waals surface area contributed by atoms with Gasteiger partial charge in [-0.05, 0) is 18.5 Å². The average molecular weight is 166 g/mol. The summed E-state index contributed by atoms with van der Waals surface area (Å²) < 4.78 is 4.09. The van der Waals surface area contributed by atoms with E-state index < -0.39 is 0 Å². The summed E-state index contributed by atoms with van der Waals surface area (Å²) in [6.07, 6.45) is 1.43. The lowest BCUT2D eigenvalue weighted by atomic mass is 10.3. The number of nitrogens with two attached hydrogens (primary N) is 1.